The van der Waals surface area contributed by atoms with Crippen LogP contribution in [0.25, 0.3) is 0 Å². The molecule has 2 rings (SSSR count). The van der Waals surface area contributed by atoms with E-state index in [-0.39, 0.29) is 11.8 Å². The second-order valence-electron chi connectivity index (χ2n) is 7.37. The number of rotatable bonds is 8. The van der Waals surface area contributed by atoms with Crippen molar-refractivity contribution in [3.63, 3.8) is 0 Å². The maximum atomic E-state index is 12.4. The van der Waals surface area contributed by atoms with E-state index in [0.29, 0.717) is 35.9 Å². The molecule has 0 saturated heterocycles. The topological polar surface area (TPSA) is 85.2 Å². The van der Waals surface area contributed by atoms with Gasteiger partial charge in [0.2, 0.25) is 11.8 Å². The zero-order valence-electron chi connectivity index (χ0n) is 17.5. The summed E-state index contributed by atoms with van der Waals surface area (Å²) in [5, 5.41) is 10.2. The highest BCUT2D eigenvalue weighted by Crippen LogP contribution is 2.28. The van der Waals surface area contributed by atoms with Crippen LogP contribution >= 0.6 is 0 Å². The Morgan fingerprint density at radius 2 is 1.93 bits per heavy atom. The minimum atomic E-state index is -0.203. The highest BCUT2D eigenvalue weighted by molar-refractivity contribution is 5.94. The molecule has 1 aromatic carbocycles. The van der Waals surface area contributed by atoms with Gasteiger partial charge in [-0.1, -0.05) is 13.8 Å². The monoisotopic (exact) mass is 386 g/mol. The number of benzene rings is 1. The van der Waals surface area contributed by atoms with Gasteiger partial charge in [0.05, 0.1) is 18.5 Å². The second kappa shape index (κ2) is 9.39. The fourth-order valence-electron chi connectivity index (χ4n) is 3.15. The maximum Gasteiger partial charge on any atom is 0.224 e. The molecule has 0 unspecified atom stereocenters. The Labute approximate surface area is 166 Å². The Morgan fingerprint density at radius 3 is 2.54 bits per heavy atom. The van der Waals surface area contributed by atoms with Crippen molar-refractivity contribution >= 4 is 23.2 Å². The van der Waals surface area contributed by atoms with Crippen molar-refractivity contribution in [3.8, 4) is 5.75 Å². The van der Waals surface area contributed by atoms with Crippen molar-refractivity contribution in [1.82, 2.24) is 9.78 Å². The van der Waals surface area contributed by atoms with Gasteiger partial charge in [0.1, 0.15) is 5.75 Å². The Morgan fingerprint density at radius 1 is 1.21 bits per heavy atom. The Bertz CT molecular complexity index is 856. The summed E-state index contributed by atoms with van der Waals surface area (Å²) in [6, 6.07) is 5.15. The van der Waals surface area contributed by atoms with E-state index < -0.39 is 0 Å². The molecule has 0 radical (unpaired) electrons. The lowest BCUT2D eigenvalue weighted by Crippen LogP contribution is -2.14. The molecule has 2 aromatic rings. The fraction of sp³-hybridized carbons (Fsp3) is 0.476. The predicted molar refractivity (Wildman–Crippen MR) is 111 cm³/mol. The number of ether oxygens (including phenoxy) is 1. The average Bonchev–Trinajstić information content (AvgIpc) is 2.85. The fourth-order valence-corrected chi connectivity index (χ4v) is 3.15. The Kier molecular flexibility index (Phi) is 7.20. The van der Waals surface area contributed by atoms with Gasteiger partial charge in [-0.3, -0.25) is 14.3 Å². The van der Waals surface area contributed by atoms with E-state index in [1.807, 2.05) is 11.6 Å². The van der Waals surface area contributed by atoms with Crippen LogP contribution in [0.5, 0.6) is 5.75 Å². The molecule has 0 saturated carbocycles. The van der Waals surface area contributed by atoms with Crippen LogP contribution in [0, 0.1) is 19.8 Å². The molecule has 7 nitrogen and oxygen atoms in total. The normalized spacial score (nSPS) is 10.8. The molecule has 0 bridgehead atoms. The molecule has 0 aliphatic heterocycles. The van der Waals surface area contributed by atoms with Crippen molar-refractivity contribution in [2.24, 2.45) is 5.92 Å². The van der Waals surface area contributed by atoms with E-state index in [9.17, 15) is 9.59 Å². The van der Waals surface area contributed by atoms with E-state index in [4.69, 9.17) is 4.74 Å². The number of methoxy groups -OCH3 is 1. The molecule has 7 heteroatoms. The van der Waals surface area contributed by atoms with Crippen molar-refractivity contribution in [3.05, 3.63) is 35.2 Å². The third-order valence-electron chi connectivity index (χ3n) is 4.47. The summed E-state index contributed by atoms with van der Waals surface area (Å²) in [5.74, 6) is 0.763. The second-order valence-corrected chi connectivity index (χ2v) is 7.37. The van der Waals surface area contributed by atoms with E-state index in [1.165, 1.54) is 14.0 Å². The van der Waals surface area contributed by atoms with E-state index in [0.717, 1.165) is 23.5 Å². The van der Waals surface area contributed by atoms with E-state index in [1.54, 1.807) is 18.2 Å². The highest BCUT2D eigenvalue weighted by Gasteiger charge is 2.14. The summed E-state index contributed by atoms with van der Waals surface area (Å²) in [6.07, 6.45) is 0.993. The van der Waals surface area contributed by atoms with E-state index >= 15 is 0 Å². The van der Waals surface area contributed by atoms with Gasteiger partial charge in [0.25, 0.3) is 0 Å². The van der Waals surface area contributed by atoms with Gasteiger partial charge in [-0.15, -0.1) is 0 Å². The Hall–Kier alpha value is -2.83. The van der Waals surface area contributed by atoms with Gasteiger partial charge in [0.15, 0.2) is 0 Å². The number of anilines is 2. The first-order valence-corrected chi connectivity index (χ1v) is 9.49. The van der Waals surface area contributed by atoms with Gasteiger partial charge < -0.3 is 15.4 Å². The molecule has 0 aliphatic rings. The molecule has 152 valence electrons. The Balaban J connectivity index is 2.03. The third-order valence-corrected chi connectivity index (χ3v) is 4.47. The number of hydrogen-bond acceptors (Lipinski definition) is 4. The molecule has 0 atom stereocenters. The number of carbonyl (C=O) groups excluding carboxylic acids is 2. The zero-order valence-corrected chi connectivity index (χ0v) is 17.5. The van der Waals surface area contributed by atoms with Crippen LogP contribution in [0.15, 0.2) is 18.2 Å². The van der Waals surface area contributed by atoms with Gasteiger partial charge >= 0.3 is 0 Å². The van der Waals surface area contributed by atoms with Gasteiger partial charge in [-0.25, -0.2) is 0 Å². The van der Waals surface area contributed by atoms with Crippen LogP contribution in [0.1, 0.15) is 44.1 Å². The summed E-state index contributed by atoms with van der Waals surface area (Å²) < 4.78 is 7.26. The van der Waals surface area contributed by atoms with Crippen LogP contribution in [0.3, 0.4) is 0 Å². The lowest BCUT2D eigenvalue weighted by atomic mass is 10.1. The third kappa shape index (κ3) is 5.58. The first-order valence-electron chi connectivity index (χ1n) is 9.49. The summed E-state index contributed by atoms with van der Waals surface area (Å²) in [4.78, 5) is 23.8. The van der Waals surface area contributed by atoms with Crippen molar-refractivity contribution in [2.75, 3.05) is 17.7 Å². The molecule has 2 N–H and O–H groups in total. The minimum Gasteiger partial charge on any atom is -0.495 e. The lowest BCUT2D eigenvalue weighted by Gasteiger charge is -2.12. The average molecular weight is 386 g/mol. The first-order chi connectivity index (χ1) is 13.2. The molecular weight excluding hydrogens is 356 g/mol. The number of aryl methyl sites for hydroxylation is 1. The van der Waals surface area contributed by atoms with Crippen molar-refractivity contribution < 1.29 is 14.3 Å². The molecule has 1 aromatic heterocycles. The highest BCUT2D eigenvalue weighted by atomic mass is 16.5. The lowest BCUT2D eigenvalue weighted by molar-refractivity contribution is -0.116. The number of carbonyl (C=O) groups is 2. The van der Waals surface area contributed by atoms with Crippen LogP contribution < -0.4 is 15.4 Å². The number of amides is 2. The molecular formula is C21H30N4O3. The maximum absolute atomic E-state index is 12.4. The first kappa shape index (κ1) is 21.5. The predicted octanol–water partition coefficient (Wildman–Crippen LogP) is 3.69. The van der Waals surface area contributed by atoms with Crippen LogP contribution in [0.2, 0.25) is 0 Å². The van der Waals surface area contributed by atoms with Gasteiger partial charge in [-0.05, 0) is 49.9 Å². The molecule has 28 heavy (non-hydrogen) atoms. The summed E-state index contributed by atoms with van der Waals surface area (Å²) in [7, 11) is 1.53. The van der Waals surface area contributed by atoms with Crippen LogP contribution in [-0.4, -0.2) is 28.7 Å². The van der Waals surface area contributed by atoms with Crippen LogP contribution in [0.4, 0.5) is 11.4 Å². The quantitative estimate of drug-likeness (QED) is 0.724. The molecule has 0 fully saturated rings. The largest absolute Gasteiger partial charge is 0.495 e. The standard InChI is InChI=1S/C21H30N4O3/c1-13(2)12-25-15(4)18(14(3)24-25)8-10-21(27)23-17-7-9-20(28-6)19(11-17)22-16(5)26/h7,9,11,13H,8,10,12H2,1-6H3,(H,22,26)(H,23,27). The molecule has 2 amide bonds. The number of nitrogens with one attached hydrogen (secondary N) is 2. The smallest absolute Gasteiger partial charge is 0.224 e. The summed E-state index contributed by atoms with van der Waals surface area (Å²) in [5.41, 5.74) is 4.36. The number of nitrogens with zero attached hydrogens (tertiary/aromatic N) is 2. The van der Waals surface area contributed by atoms with Gasteiger partial charge in [-0.2, -0.15) is 5.10 Å². The zero-order chi connectivity index (χ0) is 20.8. The summed E-state index contributed by atoms with van der Waals surface area (Å²) in [6.45, 7) is 10.7. The SMILES string of the molecule is COc1ccc(NC(=O)CCc2c(C)nn(CC(C)C)c2C)cc1NC(C)=O. The molecule has 1 heterocycles. The minimum absolute atomic E-state index is 0.0886. The van der Waals surface area contributed by atoms with Gasteiger partial charge in [0, 0.05) is 31.3 Å². The molecule has 0 spiro atoms. The van der Waals surface area contributed by atoms with Crippen molar-refractivity contribution in [1.29, 1.82) is 0 Å². The van der Waals surface area contributed by atoms with Crippen molar-refractivity contribution in [2.45, 2.75) is 54.0 Å². The van der Waals surface area contributed by atoms with E-state index in [2.05, 4.69) is 36.5 Å². The number of hydrogen-bond donors (Lipinski definition) is 2. The van der Waals surface area contributed by atoms with Crippen LogP contribution in [-0.2, 0) is 22.6 Å². The molecule has 0 aliphatic carbocycles. The summed E-state index contributed by atoms with van der Waals surface area (Å²) >= 11 is 0. The number of aromatic nitrogens is 2.